The van der Waals surface area contributed by atoms with Crippen LogP contribution in [0, 0.1) is 0 Å². The van der Waals surface area contributed by atoms with Gasteiger partial charge in [0.2, 0.25) is 0 Å². The molecule has 6 heterocycles. The number of fused-ring (bicyclic) bond motifs is 6. The van der Waals surface area contributed by atoms with Gasteiger partial charge in [0.25, 0.3) is 48.4 Å². The first-order valence-corrected chi connectivity index (χ1v) is 26.1. The van der Waals surface area contributed by atoms with Gasteiger partial charge < -0.3 is 26.9 Å². The van der Waals surface area contributed by atoms with E-state index in [1.165, 1.54) is 0 Å². The summed E-state index contributed by atoms with van der Waals surface area (Å²) in [6, 6.07) is 44.6. The van der Waals surface area contributed by atoms with E-state index in [9.17, 15) is 28.8 Å². The normalized spacial score (nSPS) is 11.5. The van der Waals surface area contributed by atoms with E-state index in [0.29, 0.717) is 33.1 Å². The molecule has 18 nitrogen and oxygen atoms in total. The zero-order valence-corrected chi connectivity index (χ0v) is 47.5. The number of para-hydroxylation sites is 12. The zero-order chi connectivity index (χ0) is 54.6. The van der Waals surface area contributed by atoms with Crippen molar-refractivity contribution in [1.29, 1.82) is 0 Å². The molecule has 27 heteroatoms. The summed E-state index contributed by atoms with van der Waals surface area (Å²) in [5.41, 5.74) is 6.60. The molecule has 398 valence electrons. The molecule has 0 bridgehead atoms. The van der Waals surface area contributed by atoms with Crippen LogP contribution >= 0.6 is 69.6 Å². The minimum atomic E-state index is -2.26. The van der Waals surface area contributed by atoms with E-state index < -0.39 is 22.8 Å². The molecule has 0 spiro atoms. The number of alkyl halides is 6. The standard InChI is InChI=1S/2C24H22BN6O3.2CHCl3.Fe/c2*1-26-16-10-4-7-13-19(16)29(22(26)32)25(30-20-14-8-5-11-17(20)27(2)23(30)33)31-21-15-9-6-12-18(21)28(3)24(31)34;2*2-1(3)4;/h2*4-15,25H,1-3H3;2*1H;/q2*-1;;;+2. The van der Waals surface area contributed by atoms with Crippen molar-refractivity contribution in [3.63, 3.8) is 0 Å². The Morgan fingerprint density at radius 2 is 0.364 bits per heavy atom. The predicted molar refractivity (Wildman–Crippen MR) is 312 cm³/mol. The fourth-order valence-corrected chi connectivity index (χ4v) is 10.7. The van der Waals surface area contributed by atoms with Crippen molar-refractivity contribution in [2.45, 2.75) is 8.59 Å². The molecule has 0 amide bonds. The molecule has 77 heavy (non-hydrogen) atoms. The van der Waals surface area contributed by atoms with Crippen molar-refractivity contribution in [3.05, 3.63) is 208 Å². The molecule has 12 aromatic rings. The first-order chi connectivity index (χ1) is 36.3. The summed E-state index contributed by atoms with van der Waals surface area (Å²) < 4.78 is 17.5. The Bertz CT molecular complexity index is 3830. The van der Waals surface area contributed by atoms with E-state index in [4.69, 9.17) is 69.6 Å². The third-order valence-corrected chi connectivity index (χ3v) is 14.0. The summed E-state index contributed by atoms with van der Waals surface area (Å²) in [6.07, 6.45) is 0. The number of benzene rings is 6. The summed E-state index contributed by atoms with van der Waals surface area (Å²) >= 11 is 28.8. The van der Waals surface area contributed by atoms with Crippen LogP contribution in [0.3, 0.4) is 0 Å². The predicted octanol–water partition coefficient (Wildman–Crippen LogP) is 6.59. The van der Waals surface area contributed by atoms with Crippen molar-refractivity contribution in [3.8, 4) is 0 Å². The molecule has 0 saturated carbocycles. The SMILES string of the molecule is ClC(Cl)Cl.ClC(Cl)Cl.Cn1c(=O)n([BH-](n2c(=O)n(C)c3ccccc32)n2c(=O)n(C)c3ccccc32)c2ccccc21.Cn1c(=O)n([BH-](n2c(=O)n(C)c3ccccc32)n2c(=O)n(C)c3ccccc32)c2ccccc21.[Fe+2]. The molecule has 0 saturated heterocycles. The van der Waals surface area contributed by atoms with E-state index in [2.05, 4.69) is 0 Å². The molecule has 0 fully saturated rings. The van der Waals surface area contributed by atoms with Crippen LogP contribution in [0.2, 0.25) is 0 Å². The van der Waals surface area contributed by atoms with Crippen LogP contribution in [-0.4, -0.2) is 77.1 Å². The van der Waals surface area contributed by atoms with Gasteiger partial charge in [-0.2, -0.15) is 0 Å². The molecule has 0 N–H and O–H groups in total. The third-order valence-electron chi connectivity index (χ3n) is 14.0. The smallest absolute Gasteiger partial charge is 0.431 e. The van der Waals surface area contributed by atoms with Gasteiger partial charge in [-0.05, 0) is 72.8 Å². The van der Waals surface area contributed by atoms with Crippen molar-refractivity contribution in [2.24, 2.45) is 42.3 Å². The minimum absolute atomic E-state index is 0. The van der Waals surface area contributed by atoms with Gasteiger partial charge in [0.15, 0.2) is 8.59 Å². The van der Waals surface area contributed by atoms with E-state index in [-0.39, 0.29) is 51.2 Å². The topological polar surface area (TPSA) is 162 Å². The Morgan fingerprint density at radius 1 is 0.260 bits per heavy atom. The second-order valence-electron chi connectivity index (χ2n) is 17.9. The average Bonchev–Trinajstić information content (AvgIpc) is 4.18. The van der Waals surface area contributed by atoms with E-state index >= 15 is 0 Å². The van der Waals surface area contributed by atoms with Gasteiger partial charge in [-0.3, -0.25) is 56.2 Å². The Kier molecular flexibility index (Phi) is 16.7. The van der Waals surface area contributed by atoms with Gasteiger partial charge in [0.1, 0.15) is 0 Å². The molecule has 0 aliphatic heterocycles. The maximum atomic E-state index is 13.7. The summed E-state index contributed by atoms with van der Waals surface area (Å²) in [5, 5.41) is 0. The van der Waals surface area contributed by atoms with Crippen molar-refractivity contribution < 1.29 is 17.1 Å². The maximum absolute atomic E-state index is 13.7. The van der Waals surface area contributed by atoms with E-state index in [1.807, 2.05) is 146 Å². The van der Waals surface area contributed by atoms with Crippen LogP contribution in [0.25, 0.3) is 66.2 Å². The summed E-state index contributed by atoms with van der Waals surface area (Å²) in [6.45, 7) is 0. The van der Waals surface area contributed by atoms with Crippen LogP contribution in [-0.2, 0) is 59.4 Å². The number of hydrogen-bond donors (Lipinski definition) is 0. The monoisotopic (exact) mass is 1200 g/mol. The molecule has 12 rings (SSSR count). The van der Waals surface area contributed by atoms with Crippen molar-refractivity contribution in [2.75, 3.05) is 0 Å². The first-order valence-electron chi connectivity index (χ1n) is 23.4. The van der Waals surface area contributed by atoms with Gasteiger partial charge in [0, 0.05) is 75.4 Å². The number of hydrogen-bond acceptors (Lipinski definition) is 6. The van der Waals surface area contributed by atoms with Crippen LogP contribution in [0.4, 0.5) is 0 Å². The number of aromatic nitrogens is 12. The first kappa shape index (κ1) is 56.5. The molecule has 0 aliphatic carbocycles. The number of imidazole rings is 6. The molecular weight excluding hydrogens is 1150 g/mol. The Morgan fingerprint density at radius 3 is 0.481 bits per heavy atom. The Balaban J connectivity index is 0.000000177. The molecular formula is C50H46B2Cl6FeN12O6. The summed E-state index contributed by atoms with van der Waals surface area (Å²) in [7, 11) is 5.70. The van der Waals surface area contributed by atoms with E-state index in [1.54, 1.807) is 96.6 Å². The van der Waals surface area contributed by atoms with Crippen molar-refractivity contribution in [1.82, 2.24) is 54.3 Å². The molecule has 0 radical (unpaired) electrons. The van der Waals surface area contributed by atoms with Gasteiger partial charge in [0.05, 0.1) is 33.1 Å². The number of rotatable bonds is 6. The molecule has 0 aliphatic rings. The Hall–Kier alpha value is -6.67. The zero-order valence-electron chi connectivity index (χ0n) is 41.9. The number of nitrogens with zero attached hydrogens (tertiary/aromatic N) is 12. The summed E-state index contributed by atoms with van der Waals surface area (Å²) in [4.78, 5) is 82.1. The van der Waals surface area contributed by atoms with Gasteiger partial charge in [-0.15, -0.1) is 0 Å². The second-order valence-corrected chi connectivity index (χ2v) is 21.9. The van der Waals surface area contributed by atoms with Crippen LogP contribution < -0.4 is 34.1 Å². The third kappa shape index (κ3) is 9.77. The van der Waals surface area contributed by atoms with Gasteiger partial charge in [-0.25, -0.2) is 0 Å². The van der Waals surface area contributed by atoms with Crippen LogP contribution in [0.5, 0.6) is 0 Å². The quantitative estimate of drug-likeness (QED) is 0.135. The molecule has 0 atom stereocenters. The van der Waals surface area contributed by atoms with Crippen molar-refractivity contribution >= 4 is 150 Å². The minimum Gasteiger partial charge on any atom is -0.431 e. The number of halogens is 6. The summed E-state index contributed by atoms with van der Waals surface area (Å²) in [5.74, 6) is 0. The van der Waals surface area contributed by atoms with Gasteiger partial charge >= 0.3 is 17.1 Å². The Labute approximate surface area is 477 Å². The molecule has 6 aromatic heterocycles. The van der Waals surface area contributed by atoms with E-state index in [0.717, 1.165) is 33.1 Å². The number of aryl methyl sites for hydroxylation is 6. The molecule has 6 aromatic carbocycles. The fraction of sp³-hybridized carbons (Fsp3) is 0.160. The maximum Gasteiger partial charge on any atom is 2.00 e. The van der Waals surface area contributed by atoms with Crippen LogP contribution in [0.1, 0.15) is 0 Å². The molecule has 0 unspecified atom stereocenters. The van der Waals surface area contributed by atoms with Crippen LogP contribution in [0.15, 0.2) is 174 Å². The van der Waals surface area contributed by atoms with Gasteiger partial charge in [-0.1, -0.05) is 142 Å². The fourth-order valence-electron chi connectivity index (χ4n) is 10.7. The second kappa shape index (κ2) is 22.7. The average molecular weight is 1200 g/mol. The largest absolute Gasteiger partial charge is 2.00 e.